The van der Waals surface area contributed by atoms with E-state index in [0.29, 0.717) is 31.8 Å². The highest BCUT2D eigenvalue weighted by molar-refractivity contribution is 5.95. The molecule has 1 heterocycles. The summed E-state index contributed by atoms with van der Waals surface area (Å²) in [6.45, 7) is 3.96. The molecule has 2 aromatic carbocycles. The molecule has 0 saturated carbocycles. The summed E-state index contributed by atoms with van der Waals surface area (Å²) in [6.07, 6.45) is 0. The number of hydrogen-bond acceptors (Lipinski definition) is 3. The molecule has 1 N–H and O–H groups in total. The van der Waals surface area contributed by atoms with Gasteiger partial charge in [-0.05, 0) is 30.2 Å². The highest BCUT2D eigenvalue weighted by Gasteiger charge is 2.40. The molecule has 0 aliphatic carbocycles. The summed E-state index contributed by atoms with van der Waals surface area (Å²) in [4.78, 5) is 27.5. The molecule has 3 rings (SSSR count). The summed E-state index contributed by atoms with van der Waals surface area (Å²) in [7, 11) is 1.61. The number of amides is 2. The molecule has 27 heavy (non-hydrogen) atoms. The summed E-state index contributed by atoms with van der Waals surface area (Å²) in [5.74, 6) is -0.331. The normalized spacial score (nSPS) is 19.1. The molecule has 2 aromatic rings. The van der Waals surface area contributed by atoms with Crippen molar-refractivity contribution in [3.05, 3.63) is 71.3 Å². The van der Waals surface area contributed by atoms with Crippen molar-refractivity contribution in [3.63, 3.8) is 0 Å². The number of nitrogens with one attached hydrogen (secondary N) is 1. The molecule has 1 aliphatic heterocycles. The van der Waals surface area contributed by atoms with Gasteiger partial charge >= 0.3 is 0 Å². The summed E-state index contributed by atoms with van der Waals surface area (Å²) >= 11 is 0. The van der Waals surface area contributed by atoms with E-state index in [0.717, 1.165) is 11.1 Å². The van der Waals surface area contributed by atoms with Crippen molar-refractivity contribution in [2.45, 2.75) is 12.8 Å². The first-order valence-corrected chi connectivity index (χ1v) is 9.28. The number of hydrogen-bond donors (Lipinski definition) is 1. The van der Waals surface area contributed by atoms with Crippen LogP contribution in [0.4, 0.5) is 0 Å². The predicted molar refractivity (Wildman–Crippen MR) is 105 cm³/mol. The van der Waals surface area contributed by atoms with Gasteiger partial charge in [0.25, 0.3) is 5.91 Å². The van der Waals surface area contributed by atoms with Crippen molar-refractivity contribution in [2.75, 3.05) is 33.4 Å². The zero-order valence-electron chi connectivity index (χ0n) is 15.9. The van der Waals surface area contributed by atoms with Gasteiger partial charge in [-0.1, -0.05) is 42.5 Å². The molecule has 5 nitrogen and oxygen atoms in total. The highest BCUT2D eigenvalue weighted by atomic mass is 16.5. The van der Waals surface area contributed by atoms with Gasteiger partial charge in [-0.25, -0.2) is 0 Å². The van der Waals surface area contributed by atoms with Crippen LogP contribution in [-0.2, 0) is 9.53 Å². The lowest BCUT2D eigenvalue weighted by Crippen LogP contribution is -2.37. The number of carbonyl (C=O) groups excluding carboxylic acids is 2. The zero-order valence-corrected chi connectivity index (χ0v) is 15.9. The second-order valence-electron chi connectivity index (χ2n) is 6.93. The number of nitrogens with zero attached hydrogens (tertiary/aromatic N) is 1. The Balaban J connectivity index is 1.83. The van der Waals surface area contributed by atoms with Crippen LogP contribution >= 0.6 is 0 Å². The van der Waals surface area contributed by atoms with Crippen LogP contribution in [0.3, 0.4) is 0 Å². The van der Waals surface area contributed by atoms with Crippen LogP contribution in [0.25, 0.3) is 0 Å². The standard InChI is InChI=1S/C22H26N2O3/c1-16-8-6-7-11-18(16)19-14-24(22(26)17-9-4-3-5-10-17)15-20(19)21(25)23-12-13-27-2/h3-11,19-20H,12-15H2,1-2H3,(H,23,25)/t19-,20+/m0/s1. The average Bonchev–Trinajstić information content (AvgIpc) is 3.14. The highest BCUT2D eigenvalue weighted by Crippen LogP contribution is 2.35. The van der Waals surface area contributed by atoms with Crippen LogP contribution in [0.1, 0.15) is 27.4 Å². The van der Waals surface area contributed by atoms with Gasteiger partial charge in [-0.15, -0.1) is 0 Å². The number of rotatable bonds is 6. The van der Waals surface area contributed by atoms with Gasteiger partial charge in [-0.3, -0.25) is 9.59 Å². The van der Waals surface area contributed by atoms with Crippen molar-refractivity contribution in [3.8, 4) is 0 Å². The minimum absolute atomic E-state index is 0.0126. The van der Waals surface area contributed by atoms with Crippen molar-refractivity contribution >= 4 is 11.8 Å². The Kier molecular flexibility index (Phi) is 6.24. The Labute approximate surface area is 160 Å². The van der Waals surface area contributed by atoms with Crippen LogP contribution in [0.15, 0.2) is 54.6 Å². The van der Waals surface area contributed by atoms with Gasteiger partial charge in [0.1, 0.15) is 0 Å². The topological polar surface area (TPSA) is 58.6 Å². The Morgan fingerprint density at radius 2 is 1.78 bits per heavy atom. The molecular weight excluding hydrogens is 340 g/mol. The van der Waals surface area contributed by atoms with E-state index in [2.05, 4.69) is 24.4 Å². The van der Waals surface area contributed by atoms with E-state index >= 15 is 0 Å². The smallest absolute Gasteiger partial charge is 0.253 e. The van der Waals surface area contributed by atoms with Crippen molar-refractivity contribution in [2.24, 2.45) is 5.92 Å². The molecule has 5 heteroatoms. The number of aryl methyl sites for hydroxylation is 1. The fraction of sp³-hybridized carbons (Fsp3) is 0.364. The van der Waals surface area contributed by atoms with Gasteiger partial charge in [0, 0.05) is 38.2 Å². The lowest BCUT2D eigenvalue weighted by molar-refractivity contribution is -0.125. The minimum Gasteiger partial charge on any atom is -0.383 e. The van der Waals surface area contributed by atoms with Crippen LogP contribution < -0.4 is 5.32 Å². The molecule has 0 radical (unpaired) electrons. The van der Waals surface area contributed by atoms with Crippen molar-refractivity contribution in [1.82, 2.24) is 10.2 Å². The first-order chi connectivity index (χ1) is 13.1. The maximum absolute atomic E-state index is 12.9. The Morgan fingerprint density at radius 1 is 1.07 bits per heavy atom. The molecule has 1 fully saturated rings. The van der Waals surface area contributed by atoms with E-state index in [1.165, 1.54) is 0 Å². The summed E-state index contributed by atoms with van der Waals surface area (Å²) in [5.41, 5.74) is 2.93. The molecule has 0 bridgehead atoms. The van der Waals surface area contributed by atoms with E-state index in [4.69, 9.17) is 4.74 Å². The van der Waals surface area contributed by atoms with E-state index in [1.807, 2.05) is 42.5 Å². The Bertz CT molecular complexity index is 791. The first-order valence-electron chi connectivity index (χ1n) is 9.28. The van der Waals surface area contributed by atoms with Crippen molar-refractivity contribution < 1.29 is 14.3 Å². The maximum atomic E-state index is 12.9. The van der Waals surface area contributed by atoms with Gasteiger partial charge in [0.2, 0.25) is 5.91 Å². The number of benzene rings is 2. The zero-order chi connectivity index (χ0) is 19.2. The fourth-order valence-corrected chi connectivity index (χ4v) is 3.72. The molecule has 0 aromatic heterocycles. The van der Waals surface area contributed by atoms with Gasteiger partial charge in [0.05, 0.1) is 12.5 Å². The van der Waals surface area contributed by atoms with Gasteiger partial charge < -0.3 is 15.0 Å². The number of methoxy groups -OCH3 is 1. The molecule has 2 atom stereocenters. The Morgan fingerprint density at radius 3 is 2.48 bits per heavy atom. The molecule has 0 unspecified atom stereocenters. The monoisotopic (exact) mass is 366 g/mol. The van der Waals surface area contributed by atoms with Crippen LogP contribution in [0.5, 0.6) is 0 Å². The van der Waals surface area contributed by atoms with Gasteiger partial charge in [0.15, 0.2) is 0 Å². The quantitative estimate of drug-likeness (QED) is 0.800. The fourth-order valence-electron chi connectivity index (χ4n) is 3.72. The second-order valence-corrected chi connectivity index (χ2v) is 6.93. The lowest BCUT2D eigenvalue weighted by atomic mass is 9.86. The molecule has 1 aliphatic rings. The lowest BCUT2D eigenvalue weighted by Gasteiger charge is -2.19. The number of carbonyl (C=O) groups is 2. The minimum atomic E-state index is -0.268. The first kappa shape index (κ1) is 19.1. The van der Waals surface area contributed by atoms with E-state index < -0.39 is 0 Å². The van der Waals surface area contributed by atoms with Crippen LogP contribution in [0, 0.1) is 12.8 Å². The average molecular weight is 366 g/mol. The Hall–Kier alpha value is -2.66. The van der Waals surface area contributed by atoms with Gasteiger partial charge in [-0.2, -0.15) is 0 Å². The third-order valence-electron chi connectivity index (χ3n) is 5.16. The molecule has 142 valence electrons. The third-order valence-corrected chi connectivity index (χ3v) is 5.16. The van der Waals surface area contributed by atoms with Crippen LogP contribution in [0.2, 0.25) is 0 Å². The molecule has 1 saturated heterocycles. The van der Waals surface area contributed by atoms with Crippen molar-refractivity contribution in [1.29, 1.82) is 0 Å². The second kappa shape index (κ2) is 8.82. The molecule has 2 amide bonds. The van der Waals surface area contributed by atoms with Crippen LogP contribution in [-0.4, -0.2) is 50.1 Å². The molecule has 0 spiro atoms. The van der Waals surface area contributed by atoms with E-state index in [9.17, 15) is 9.59 Å². The van der Waals surface area contributed by atoms with E-state index in [1.54, 1.807) is 12.0 Å². The summed E-state index contributed by atoms with van der Waals surface area (Å²) in [6, 6.07) is 17.3. The van der Waals surface area contributed by atoms with E-state index in [-0.39, 0.29) is 23.7 Å². The predicted octanol–water partition coefficient (Wildman–Crippen LogP) is 2.61. The summed E-state index contributed by atoms with van der Waals surface area (Å²) < 4.78 is 5.02. The summed E-state index contributed by atoms with van der Waals surface area (Å²) in [5, 5.41) is 2.94. The SMILES string of the molecule is COCCNC(=O)[C@@H]1CN(C(=O)c2ccccc2)C[C@H]1c1ccccc1C. The maximum Gasteiger partial charge on any atom is 0.253 e. The molecular formula is C22H26N2O3. The number of ether oxygens (including phenoxy) is 1. The largest absolute Gasteiger partial charge is 0.383 e. The third kappa shape index (κ3) is 4.37. The number of likely N-dealkylation sites (tertiary alicyclic amines) is 1.